The SMILES string of the molecule is C[C@H]1[C@H](C)CC[C@]2(C(=O)OCc3ccccc3)CC[C@]3(C)C(=CC[C@@H]4[C@@]5(C)Cc6cnc(-c7ccccc7)nc6C(C)(C)[C@@H]5CC[C@]43C)[C@H]12. The lowest BCUT2D eigenvalue weighted by Gasteiger charge is -2.70. The molecule has 5 aliphatic carbocycles. The van der Waals surface area contributed by atoms with Crippen LogP contribution in [-0.2, 0) is 28.0 Å². The second-order valence-electron chi connectivity index (χ2n) is 18.2. The Morgan fingerprint density at radius 3 is 2.31 bits per heavy atom. The summed E-state index contributed by atoms with van der Waals surface area (Å²) in [4.78, 5) is 24.7. The fourth-order valence-corrected chi connectivity index (χ4v) is 12.9. The number of aromatic nitrogens is 2. The molecule has 258 valence electrons. The molecule has 9 atom stereocenters. The lowest BCUT2D eigenvalue weighted by Crippen LogP contribution is -2.65. The Balaban J connectivity index is 1.16. The van der Waals surface area contributed by atoms with E-state index in [1.807, 2.05) is 18.2 Å². The molecule has 3 saturated carbocycles. The summed E-state index contributed by atoms with van der Waals surface area (Å²) in [5.41, 5.74) is 6.24. The Kier molecular flexibility index (Phi) is 7.64. The van der Waals surface area contributed by atoms with Gasteiger partial charge in [0, 0.05) is 17.2 Å². The Morgan fingerprint density at radius 2 is 1.57 bits per heavy atom. The van der Waals surface area contributed by atoms with E-state index < -0.39 is 5.41 Å². The molecule has 49 heavy (non-hydrogen) atoms. The van der Waals surface area contributed by atoms with E-state index in [9.17, 15) is 4.79 Å². The maximum atomic E-state index is 14.4. The van der Waals surface area contributed by atoms with E-state index in [0.29, 0.717) is 30.3 Å². The third-order valence-corrected chi connectivity index (χ3v) is 15.8. The fourth-order valence-electron chi connectivity index (χ4n) is 12.9. The van der Waals surface area contributed by atoms with E-state index >= 15 is 0 Å². The third-order valence-electron chi connectivity index (χ3n) is 15.8. The zero-order valence-corrected chi connectivity index (χ0v) is 30.9. The van der Waals surface area contributed by atoms with Crippen molar-refractivity contribution >= 4 is 5.97 Å². The fraction of sp³-hybridized carbons (Fsp3) is 0.578. The van der Waals surface area contributed by atoms with Crippen LogP contribution in [0.3, 0.4) is 0 Å². The van der Waals surface area contributed by atoms with Crippen molar-refractivity contribution in [1.82, 2.24) is 9.97 Å². The number of ether oxygens (including phenoxy) is 1. The molecule has 0 saturated heterocycles. The highest BCUT2D eigenvalue weighted by molar-refractivity contribution is 5.79. The van der Waals surface area contributed by atoms with E-state index in [-0.39, 0.29) is 33.5 Å². The number of fused-ring (bicyclic) bond motifs is 8. The largest absolute Gasteiger partial charge is 0.460 e. The molecule has 2 aromatic carbocycles. The van der Waals surface area contributed by atoms with Gasteiger partial charge in [0.05, 0.1) is 11.1 Å². The van der Waals surface area contributed by atoms with Gasteiger partial charge in [0.15, 0.2) is 5.82 Å². The van der Waals surface area contributed by atoms with Crippen molar-refractivity contribution in [3.63, 3.8) is 0 Å². The summed E-state index contributed by atoms with van der Waals surface area (Å²) < 4.78 is 6.26. The van der Waals surface area contributed by atoms with Gasteiger partial charge in [-0.3, -0.25) is 4.79 Å². The molecule has 0 radical (unpaired) electrons. The van der Waals surface area contributed by atoms with E-state index in [4.69, 9.17) is 14.7 Å². The predicted molar refractivity (Wildman–Crippen MR) is 196 cm³/mol. The first-order chi connectivity index (χ1) is 23.3. The number of nitrogens with zero attached hydrogens (tertiary/aromatic N) is 2. The lowest BCUT2D eigenvalue weighted by molar-refractivity contribution is -0.184. The Hall–Kier alpha value is -3.27. The summed E-state index contributed by atoms with van der Waals surface area (Å²) >= 11 is 0. The molecule has 1 aromatic heterocycles. The van der Waals surface area contributed by atoms with Crippen LogP contribution in [0.2, 0.25) is 0 Å². The summed E-state index contributed by atoms with van der Waals surface area (Å²) in [5.74, 6) is 3.29. The highest BCUT2D eigenvalue weighted by atomic mass is 16.5. The molecule has 0 amide bonds. The van der Waals surface area contributed by atoms with Gasteiger partial charge in [-0.2, -0.15) is 0 Å². The van der Waals surface area contributed by atoms with Crippen LogP contribution in [0.5, 0.6) is 0 Å². The van der Waals surface area contributed by atoms with Crippen molar-refractivity contribution in [3.8, 4) is 11.4 Å². The van der Waals surface area contributed by atoms with Gasteiger partial charge < -0.3 is 4.74 Å². The van der Waals surface area contributed by atoms with Crippen LogP contribution in [0, 0.1) is 51.2 Å². The molecule has 0 N–H and O–H groups in total. The number of carbonyl (C=O) groups is 1. The highest BCUT2D eigenvalue weighted by Gasteiger charge is 2.69. The van der Waals surface area contributed by atoms with Crippen LogP contribution in [0.15, 0.2) is 78.5 Å². The van der Waals surface area contributed by atoms with Gasteiger partial charge in [0.2, 0.25) is 0 Å². The first-order valence-electron chi connectivity index (χ1n) is 19.2. The Morgan fingerprint density at radius 1 is 0.857 bits per heavy atom. The van der Waals surface area contributed by atoms with E-state index in [1.165, 1.54) is 24.1 Å². The maximum Gasteiger partial charge on any atom is 0.313 e. The quantitative estimate of drug-likeness (QED) is 0.207. The second-order valence-corrected chi connectivity index (χ2v) is 18.2. The first kappa shape index (κ1) is 32.9. The number of esters is 1. The maximum absolute atomic E-state index is 14.4. The topological polar surface area (TPSA) is 52.1 Å². The Labute approximate surface area is 294 Å². The Bertz CT molecular complexity index is 1780. The predicted octanol–water partition coefficient (Wildman–Crippen LogP) is 10.6. The van der Waals surface area contributed by atoms with Gasteiger partial charge in [-0.25, -0.2) is 9.97 Å². The summed E-state index contributed by atoms with van der Waals surface area (Å²) in [6.07, 6.45) is 13.4. The van der Waals surface area contributed by atoms with E-state index in [0.717, 1.165) is 55.5 Å². The van der Waals surface area contributed by atoms with Gasteiger partial charge in [0.1, 0.15) is 6.61 Å². The number of hydrogen-bond donors (Lipinski definition) is 0. The average Bonchev–Trinajstić information content (AvgIpc) is 3.09. The third kappa shape index (κ3) is 4.64. The van der Waals surface area contributed by atoms with Gasteiger partial charge in [-0.05, 0) is 108 Å². The molecule has 8 rings (SSSR count). The summed E-state index contributed by atoms with van der Waals surface area (Å²) in [7, 11) is 0. The molecule has 0 aliphatic heterocycles. The van der Waals surface area contributed by atoms with Gasteiger partial charge in [-0.15, -0.1) is 0 Å². The molecule has 5 aliphatic rings. The zero-order chi connectivity index (χ0) is 34.4. The minimum absolute atomic E-state index is 0.0431. The molecular formula is C45H56N2O2. The summed E-state index contributed by atoms with van der Waals surface area (Å²) in [6, 6.07) is 20.6. The molecule has 3 fully saturated rings. The number of carbonyl (C=O) groups excluding carboxylic acids is 1. The van der Waals surface area contributed by atoms with Gasteiger partial charge in [0.25, 0.3) is 0 Å². The van der Waals surface area contributed by atoms with Crippen LogP contribution in [-0.4, -0.2) is 15.9 Å². The first-order valence-corrected chi connectivity index (χ1v) is 19.2. The molecule has 4 heteroatoms. The van der Waals surface area contributed by atoms with Crippen molar-refractivity contribution < 1.29 is 9.53 Å². The summed E-state index contributed by atoms with van der Waals surface area (Å²) in [5, 5.41) is 0. The van der Waals surface area contributed by atoms with Crippen molar-refractivity contribution in [2.45, 2.75) is 112 Å². The summed E-state index contributed by atoms with van der Waals surface area (Å²) in [6.45, 7) is 18.0. The van der Waals surface area contributed by atoms with Crippen molar-refractivity contribution in [3.05, 3.63) is 95.3 Å². The molecule has 0 bridgehead atoms. The molecule has 3 aromatic rings. The average molecular weight is 657 g/mol. The smallest absolute Gasteiger partial charge is 0.313 e. The van der Waals surface area contributed by atoms with Crippen molar-refractivity contribution in [2.24, 2.45) is 51.2 Å². The number of hydrogen-bond acceptors (Lipinski definition) is 4. The van der Waals surface area contributed by atoms with Crippen molar-refractivity contribution in [1.29, 1.82) is 0 Å². The number of allylic oxidation sites excluding steroid dienone is 2. The van der Waals surface area contributed by atoms with Gasteiger partial charge in [-0.1, -0.05) is 121 Å². The lowest BCUT2D eigenvalue weighted by atomic mass is 9.33. The minimum Gasteiger partial charge on any atom is -0.460 e. The van der Waals surface area contributed by atoms with Crippen molar-refractivity contribution in [2.75, 3.05) is 0 Å². The van der Waals surface area contributed by atoms with Crippen LogP contribution in [0.25, 0.3) is 11.4 Å². The molecule has 0 spiro atoms. The minimum atomic E-state index is -0.421. The van der Waals surface area contributed by atoms with Crippen LogP contribution < -0.4 is 0 Å². The van der Waals surface area contributed by atoms with E-state index in [1.54, 1.807) is 5.57 Å². The van der Waals surface area contributed by atoms with Crippen LogP contribution in [0.4, 0.5) is 0 Å². The molecule has 0 unspecified atom stereocenters. The van der Waals surface area contributed by atoms with E-state index in [2.05, 4.69) is 103 Å². The molecule has 4 nitrogen and oxygen atoms in total. The zero-order valence-electron chi connectivity index (χ0n) is 30.9. The van der Waals surface area contributed by atoms with Gasteiger partial charge >= 0.3 is 5.97 Å². The standard InChI is InChI=1S/C45H56N2O2/c1-29-20-23-45(40(48)49-28-31-14-10-8-11-15-31)25-24-43(6)34(37(45)30(29)2)18-19-36-42(5)26-33-27-46-39(32-16-12-9-13-17-32)47-38(33)41(3,4)35(42)21-22-44(36,43)7/h8-18,27,29-30,35-37H,19-26,28H2,1-7H3/t29-,30+,35+,36-,37+,42+,43-,44-,45+/m1/s1. The van der Waals surface area contributed by atoms with Crippen LogP contribution >= 0.6 is 0 Å². The molecular weight excluding hydrogens is 601 g/mol. The monoisotopic (exact) mass is 656 g/mol. The normalized spacial score (nSPS) is 38.8. The highest BCUT2D eigenvalue weighted by Crippen LogP contribution is 2.75. The number of benzene rings is 2. The molecule has 1 heterocycles. The van der Waals surface area contributed by atoms with Crippen LogP contribution in [0.1, 0.15) is 110 Å². The second kappa shape index (κ2) is 11.4. The number of rotatable bonds is 4.